The SMILES string of the molecule is COc1ccccc1Cc1cc(-c2ccccc2)nnc1N=Nc1c(O)[nH]c2ccccc12. The van der Waals surface area contributed by atoms with E-state index >= 15 is 0 Å². The van der Waals surface area contributed by atoms with Gasteiger partial charge in [0.25, 0.3) is 0 Å². The maximum Gasteiger partial charge on any atom is 0.218 e. The summed E-state index contributed by atoms with van der Waals surface area (Å²) in [5.41, 5.74) is 4.69. The fourth-order valence-electron chi connectivity index (χ4n) is 3.75. The van der Waals surface area contributed by atoms with Crippen LogP contribution in [0.25, 0.3) is 22.2 Å². The minimum Gasteiger partial charge on any atom is -0.496 e. The molecule has 0 bridgehead atoms. The zero-order valence-electron chi connectivity index (χ0n) is 17.9. The lowest BCUT2D eigenvalue weighted by Crippen LogP contribution is -1.98. The van der Waals surface area contributed by atoms with Gasteiger partial charge in [0, 0.05) is 22.9 Å². The molecule has 2 aromatic heterocycles. The van der Waals surface area contributed by atoms with E-state index in [4.69, 9.17) is 4.74 Å². The van der Waals surface area contributed by atoms with Crippen molar-refractivity contribution in [2.75, 3.05) is 7.11 Å². The highest BCUT2D eigenvalue weighted by atomic mass is 16.5. The Morgan fingerprint density at radius 1 is 0.848 bits per heavy atom. The average Bonchev–Trinajstić information content (AvgIpc) is 3.19. The van der Waals surface area contributed by atoms with Crippen molar-refractivity contribution < 1.29 is 9.84 Å². The van der Waals surface area contributed by atoms with Crippen molar-refractivity contribution in [3.05, 3.63) is 96.1 Å². The number of aromatic amines is 1. The number of ether oxygens (including phenoxy) is 1. The Morgan fingerprint density at radius 2 is 1.61 bits per heavy atom. The molecule has 0 saturated heterocycles. The quantitative estimate of drug-likeness (QED) is 0.304. The molecular weight excluding hydrogens is 414 g/mol. The number of azo groups is 1. The molecule has 5 rings (SSSR count). The molecule has 3 aromatic carbocycles. The first-order valence-electron chi connectivity index (χ1n) is 10.5. The van der Waals surface area contributed by atoms with Crippen LogP contribution < -0.4 is 4.74 Å². The Morgan fingerprint density at radius 3 is 2.45 bits per heavy atom. The number of methoxy groups -OCH3 is 1. The van der Waals surface area contributed by atoms with E-state index in [9.17, 15) is 5.11 Å². The van der Waals surface area contributed by atoms with E-state index in [1.54, 1.807) is 7.11 Å². The summed E-state index contributed by atoms with van der Waals surface area (Å²) in [5.74, 6) is 1.12. The van der Waals surface area contributed by atoms with E-state index in [-0.39, 0.29) is 5.88 Å². The van der Waals surface area contributed by atoms with Crippen LogP contribution >= 0.6 is 0 Å². The van der Waals surface area contributed by atoms with Crippen molar-refractivity contribution in [3.8, 4) is 22.9 Å². The molecule has 0 saturated carbocycles. The average molecular weight is 435 g/mol. The Balaban J connectivity index is 1.58. The minimum atomic E-state index is -0.0416. The molecule has 5 aromatic rings. The molecule has 7 heteroatoms. The number of nitrogens with one attached hydrogen (secondary N) is 1. The van der Waals surface area contributed by atoms with E-state index < -0.39 is 0 Å². The largest absolute Gasteiger partial charge is 0.496 e. The summed E-state index contributed by atoms with van der Waals surface area (Å²) < 4.78 is 5.53. The highest BCUT2D eigenvalue weighted by Crippen LogP contribution is 2.36. The van der Waals surface area contributed by atoms with Gasteiger partial charge in [-0.15, -0.1) is 20.4 Å². The van der Waals surface area contributed by atoms with Gasteiger partial charge < -0.3 is 14.8 Å². The number of nitrogens with zero attached hydrogens (tertiary/aromatic N) is 4. The lowest BCUT2D eigenvalue weighted by Gasteiger charge is -2.10. The van der Waals surface area contributed by atoms with Gasteiger partial charge in [-0.3, -0.25) is 0 Å². The third-order valence-corrected chi connectivity index (χ3v) is 5.40. The summed E-state index contributed by atoms with van der Waals surface area (Å²) in [4.78, 5) is 2.91. The first-order valence-corrected chi connectivity index (χ1v) is 10.5. The fraction of sp³-hybridized carbons (Fsp3) is 0.0769. The van der Waals surface area contributed by atoms with Gasteiger partial charge >= 0.3 is 0 Å². The van der Waals surface area contributed by atoms with Gasteiger partial charge in [-0.05, 0) is 23.8 Å². The summed E-state index contributed by atoms with van der Waals surface area (Å²) in [6, 6.07) is 27.2. The molecule has 0 aliphatic rings. The van der Waals surface area contributed by atoms with Crippen LogP contribution in [-0.2, 0) is 6.42 Å². The maximum atomic E-state index is 10.3. The van der Waals surface area contributed by atoms with Crippen LogP contribution in [0.2, 0.25) is 0 Å². The van der Waals surface area contributed by atoms with Crippen molar-refractivity contribution in [2.45, 2.75) is 6.42 Å². The van der Waals surface area contributed by atoms with E-state index in [0.29, 0.717) is 17.9 Å². The summed E-state index contributed by atoms with van der Waals surface area (Å²) in [6.45, 7) is 0. The van der Waals surface area contributed by atoms with Gasteiger partial charge in [-0.1, -0.05) is 66.7 Å². The Kier molecular flexibility index (Phi) is 5.51. The third-order valence-electron chi connectivity index (χ3n) is 5.40. The number of fused-ring (bicyclic) bond motifs is 1. The standard InChI is InChI=1S/C26H21N5O2/c1-33-23-14-8-5-11-18(23)15-19-16-22(17-9-3-2-4-10-17)28-30-25(19)31-29-24-20-12-6-7-13-21(20)27-26(24)32/h2-14,16,27,32H,15H2,1H3. The van der Waals surface area contributed by atoms with Gasteiger partial charge in [-0.25, -0.2) is 0 Å². The second kappa shape index (κ2) is 8.92. The van der Waals surface area contributed by atoms with Crippen molar-refractivity contribution in [3.63, 3.8) is 0 Å². The van der Waals surface area contributed by atoms with Crippen LogP contribution in [-0.4, -0.2) is 27.4 Å². The molecule has 0 fully saturated rings. The molecule has 0 spiro atoms. The lowest BCUT2D eigenvalue weighted by atomic mass is 10.0. The second-order valence-corrected chi connectivity index (χ2v) is 7.50. The molecule has 2 N–H and O–H groups in total. The Bertz CT molecular complexity index is 1440. The summed E-state index contributed by atoms with van der Waals surface area (Å²) in [5, 5.41) is 28.5. The van der Waals surface area contributed by atoms with Crippen molar-refractivity contribution >= 4 is 22.4 Å². The highest BCUT2D eigenvalue weighted by Gasteiger charge is 2.14. The van der Waals surface area contributed by atoms with Crippen LogP contribution in [0.4, 0.5) is 11.5 Å². The summed E-state index contributed by atoms with van der Waals surface area (Å²) >= 11 is 0. The van der Waals surface area contributed by atoms with E-state index in [0.717, 1.165) is 39.0 Å². The first-order chi connectivity index (χ1) is 16.2. The van der Waals surface area contributed by atoms with Crippen LogP contribution in [0.5, 0.6) is 11.6 Å². The van der Waals surface area contributed by atoms with Crippen LogP contribution in [0.15, 0.2) is 95.2 Å². The number of aromatic nitrogens is 3. The Hall–Kier alpha value is -4.52. The molecule has 0 radical (unpaired) electrons. The molecule has 0 aliphatic heterocycles. The van der Waals surface area contributed by atoms with Gasteiger partial charge in [0.05, 0.1) is 18.3 Å². The smallest absolute Gasteiger partial charge is 0.218 e. The van der Waals surface area contributed by atoms with Gasteiger partial charge in [0.15, 0.2) is 11.5 Å². The molecule has 0 atom stereocenters. The first kappa shape index (κ1) is 20.4. The minimum absolute atomic E-state index is 0.0416. The second-order valence-electron chi connectivity index (χ2n) is 7.50. The molecular formula is C26H21N5O2. The molecule has 0 aliphatic carbocycles. The Labute approximate surface area is 190 Å². The van der Waals surface area contributed by atoms with Crippen molar-refractivity contribution in [1.29, 1.82) is 0 Å². The zero-order valence-corrected chi connectivity index (χ0v) is 17.9. The monoisotopic (exact) mass is 435 g/mol. The maximum absolute atomic E-state index is 10.3. The van der Waals surface area contributed by atoms with E-state index in [2.05, 4.69) is 25.4 Å². The van der Waals surface area contributed by atoms with E-state index in [1.807, 2.05) is 84.9 Å². The van der Waals surface area contributed by atoms with Crippen LogP contribution in [0.3, 0.4) is 0 Å². The number of aromatic hydroxyl groups is 1. The topological polar surface area (TPSA) is 95.8 Å². The summed E-state index contributed by atoms with van der Waals surface area (Å²) in [7, 11) is 1.65. The molecule has 2 heterocycles. The lowest BCUT2D eigenvalue weighted by molar-refractivity contribution is 0.410. The number of hydrogen-bond acceptors (Lipinski definition) is 6. The molecule has 0 unspecified atom stereocenters. The molecule has 0 amide bonds. The zero-order chi connectivity index (χ0) is 22.6. The molecule has 33 heavy (non-hydrogen) atoms. The molecule has 7 nitrogen and oxygen atoms in total. The predicted octanol–water partition coefficient (Wildman–Crippen LogP) is 6.35. The summed E-state index contributed by atoms with van der Waals surface area (Å²) in [6.07, 6.45) is 0.535. The highest BCUT2D eigenvalue weighted by molar-refractivity contribution is 5.94. The number of para-hydroxylation sites is 2. The number of benzene rings is 3. The van der Waals surface area contributed by atoms with Crippen molar-refractivity contribution in [1.82, 2.24) is 15.2 Å². The predicted molar refractivity (Wildman–Crippen MR) is 127 cm³/mol. The number of rotatable bonds is 6. The van der Waals surface area contributed by atoms with Crippen LogP contribution in [0, 0.1) is 0 Å². The fourth-order valence-corrected chi connectivity index (χ4v) is 3.75. The van der Waals surface area contributed by atoms with Crippen molar-refractivity contribution in [2.24, 2.45) is 10.2 Å². The van der Waals surface area contributed by atoms with Gasteiger partial charge in [0.1, 0.15) is 5.75 Å². The van der Waals surface area contributed by atoms with E-state index in [1.165, 1.54) is 0 Å². The van der Waals surface area contributed by atoms with Crippen LogP contribution in [0.1, 0.15) is 11.1 Å². The van der Waals surface area contributed by atoms with Gasteiger partial charge in [0.2, 0.25) is 5.88 Å². The third kappa shape index (κ3) is 4.16. The van der Waals surface area contributed by atoms with Gasteiger partial charge in [-0.2, -0.15) is 0 Å². The number of hydrogen-bond donors (Lipinski definition) is 2. The number of H-pyrrole nitrogens is 1. The normalized spacial score (nSPS) is 11.3. The molecule has 162 valence electrons.